The van der Waals surface area contributed by atoms with Crippen LogP contribution in [0.15, 0.2) is 30.9 Å². The van der Waals surface area contributed by atoms with Gasteiger partial charge in [0.05, 0.1) is 35.8 Å². The van der Waals surface area contributed by atoms with Crippen LogP contribution in [0.4, 0.5) is 5.69 Å². The van der Waals surface area contributed by atoms with Gasteiger partial charge in [-0.05, 0) is 44.2 Å². The van der Waals surface area contributed by atoms with E-state index in [1.807, 2.05) is 45.9 Å². The molecule has 0 aliphatic carbocycles. The number of aliphatic hydroxyl groups is 1. The lowest BCUT2D eigenvalue weighted by atomic mass is 9.71. The van der Waals surface area contributed by atoms with Crippen molar-refractivity contribution < 1.29 is 24.2 Å². The number of likely N-dealkylation sites (tertiary alicyclic amines) is 1. The zero-order chi connectivity index (χ0) is 27.2. The van der Waals surface area contributed by atoms with E-state index < -0.39 is 28.7 Å². The number of alkyl halides is 1. The standard InChI is InChI=1S/C28H37BrN2O5S/c1-7-12-30(22-16(5)10-9-11-17(22)6)26(34)24-28-13-18(29)23(37-28)20(27(35)36-8-2)21(28)25(33)31(24)19(14-32)15(3)4/h7,9-11,15,18-21,23-24,32H,1,8,12-14H2,2-6H3/t18?,19-,20-,21-,23-,24?,28?/m0/s1. The number of halogens is 1. The Morgan fingerprint density at radius 2 is 2.00 bits per heavy atom. The monoisotopic (exact) mass is 592 g/mol. The molecule has 0 radical (unpaired) electrons. The molecule has 7 nitrogen and oxygen atoms in total. The summed E-state index contributed by atoms with van der Waals surface area (Å²) in [4.78, 5) is 45.5. The highest BCUT2D eigenvalue weighted by Gasteiger charge is 2.76. The maximum atomic E-state index is 14.7. The topological polar surface area (TPSA) is 87.2 Å². The fourth-order valence-electron chi connectivity index (χ4n) is 6.63. The largest absolute Gasteiger partial charge is 0.466 e. The molecule has 3 unspecified atom stereocenters. The number of carbonyl (C=O) groups is 3. The predicted molar refractivity (Wildman–Crippen MR) is 150 cm³/mol. The van der Waals surface area contributed by atoms with Crippen molar-refractivity contribution >= 4 is 51.2 Å². The van der Waals surface area contributed by atoms with Crippen molar-refractivity contribution in [2.24, 2.45) is 17.8 Å². The van der Waals surface area contributed by atoms with Crippen LogP contribution < -0.4 is 4.90 Å². The Morgan fingerprint density at radius 3 is 2.54 bits per heavy atom. The van der Waals surface area contributed by atoms with E-state index in [-0.39, 0.29) is 53.5 Å². The lowest BCUT2D eigenvalue weighted by Gasteiger charge is -2.41. The number of hydrogen-bond acceptors (Lipinski definition) is 6. The number of thioether (sulfide) groups is 1. The van der Waals surface area contributed by atoms with Gasteiger partial charge in [-0.1, -0.05) is 54.1 Å². The Bertz CT molecular complexity index is 1080. The van der Waals surface area contributed by atoms with Crippen LogP contribution >= 0.6 is 27.7 Å². The Labute approximate surface area is 232 Å². The van der Waals surface area contributed by atoms with E-state index in [0.717, 1.165) is 16.8 Å². The maximum absolute atomic E-state index is 14.7. The molecule has 3 heterocycles. The summed E-state index contributed by atoms with van der Waals surface area (Å²) in [6, 6.07) is 4.50. The van der Waals surface area contributed by atoms with Gasteiger partial charge in [-0.15, -0.1) is 18.3 Å². The second-order valence-corrected chi connectivity index (χ2v) is 13.3. The zero-order valence-corrected chi connectivity index (χ0v) is 24.5. The Balaban J connectivity index is 1.89. The Morgan fingerprint density at radius 1 is 1.35 bits per heavy atom. The van der Waals surface area contributed by atoms with E-state index in [1.165, 1.54) is 0 Å². The van der Waals surface area contributed by atoms with E-state index in [9.17, 15) is 19.5 Å². The van der Waals surface area contributed by atoms with Gasteiger partial charge >= 0.3 is 5.97 Å². The van der Waals surface area contributed by atoms with Crippen LogP contribution in [0.1, 0.15) is 38.3 Å². The molecule has 202 valence electrons. The van der Waals surface area contributed by atoms with Gasteiger partial charge in [0, 0.05) is 22.3 Å². The average Bonchev–Trinajstić information content (AvgIpc) is 3.42. The van der Waals surface area contributed by atoms with Crippen LogP contribution in [0.2, 0.25) is 0 Å². The summed E-state index contributed by atoms with van der Waals surface area (Å²) in [5.74, 6) is -2.24. The number of aryl methyl sites for hydroxylation is 2. The van der Waals surface area contributed by atoms with Gasteiger partial charge in [0.25, 0.3) is 5.91 Å². The Kier molecular flexibility index (Phi) is 8.17. The minimum atomic E-state index is -0.835. The van der Waals surface area contributed by atoms with E-state index in [1.54, 1.807) is 34.6 Å². The van der Waals surface area contributed by atoms with Crippen LogP contribution in [0.5, 0.6) is 0 Å². The smallest absolute Gasteiger partial charge is 0.310 e. The fourth-order valence-corrected chi connectivity index (χ4v) is 10.2. The zero-order valence-electron chi connectivity index (χ0n) is 22.1. The quantitative estimate of drug-likeness (QED) is 0.266. The SMILES string of the molecule is C=CCN(C(=O)C1N([C@@H](CO)C(C)C)C(=O)[C@@H]2[C@H](C(=O)OCC)[C@H]3SC12CC3Br)c1c(C)cccc1C. The van der Waals surface area contributed by atoms with Gasteiger partial charge in [0.1, 0.15) is 6.04 Å². The second kappa shape index (κ2) is 10.7. The number of anilines is 1. The first-order chi connectivity index (χ1) is 17.5. The summed E-state index contributed by atoms with van der Waals surface area (Å²) < 4.78 is 4.63. The van der Waals surface area contributed by atoms with E-state index in [4.69, 9.17) is 4.74 Å². The van der Waals surface area contributed by atoms with Crippen LogP contribution in [0.3, 0.4) is 0 Å². The predicted octanol–water partition coefficient (Wildman–Crippen LogP) is 3.87. The number of carbonyl (C=O) groups excluding carboxylic acids is 3. The summed E-state index contributed by atoms with van der Waals surface area (Å²) in [5, 5.41) is 10.3. The molecule has 2 amide bonds. The highest BCUT2D eigenvalue weighted by Crippen LogP contribution is 2.68. The first-order valence-electron chi connectivity index (χ1n) is 13.0. The molecule has 1 N–H and O–H groups in total. The van der Waals surface area contributed by atoms with E-state index in [2.05, 4.69) is 22.5 Å². The van der Waals surface area contributed by atoms with Crippen LogP contribution in [-0.4, -0.2) is 74.5 Å². The molecule has 9 heteroatoms. The third-order valence-corrected chi connectivity index (χ3v) is 11.3. The lowest BCUT2D eigenvalue weighted by Crippen LogP contribution is -2.59. The van der Waals surface area contributed by atoms with Crippen molar-refractivity contribution in [1.82, 2.24) is 4.90 Å². The van der Waals surface area contributed by atoms with Crippen molar-refractivity contribution in [1.29, 1.82) is 0 Å². The summed E-state index contributed by atoms with van der Waals surface area (Å²) in [6.07, 6.45) is 2.27. The van der Waals surface area contributed by atoms with Crippen molar-refractivity contribution in [3.8, 4) is 0 Å². The van der Waals surface area contributed by atoms with Crippen LogP contribution in [0, 0.1) is 31.6 Å². The first-order valence-corrected chi connectivity index (χ1v) is 14.7. The summed E-state index contributed by atoms with van der Waals surface area (Å²) in [5.41, 5.74) is 2.71. The molecule has 0 aromatic heterocycles. The van der Waals surface area contributed by atoms with Crippen molar-refractivity contribution in [3.63, 3.8) is 0 Å². The molecule has 2 bridgehead atoms. The van der Waals surface area contributed by atoms with Crippen molar-refractivity contribution in [2.45, 2.75) is 67.9 Å². The molecule has 1 aromatic rings. The molecule has 4 rings (SSSR count). The maximum Gasteiger partial charge on any atom is 0.310 e. The van der Waals surface area contributed by atoms with E-state index >= 15 is 0 Å². The van der Waals surface area contributed by atoms with Gasteiger partial charge in [-0.2, -0.15) is 0 Å². The molecular formula is C28H37BrN2O5S. The van der Waals surface area contributed by atoms with Gasteiger partial charge in [-0.3, -0.25) is 14.4 Å². The van der Waals surface area contributed by atoms with Crippen molar-refractivity contribution in [2.75, 3.05) is 24.7 Å². The molecule has 7 atom stereocenters. The Hall–Kier alpha value is -1.84. The van der Waals surface area contributed by atoms with Gasteiger partial charge in [-0.25, -0.2) is 0 Å². The van der Waals surface area contributed by atoms with Gasteiger partial charge in [0.2, 0.25) is 5.91 Å². The third kappa shape index (κ3) is 4.35. The number of rotatable bonds is 9. The van der Waals surface area contributed by atoms with Crippen LogP contribution in [0.25, 0.3) is 0 Å². The molecule has 3 aliphatic rings. The molecule has 1 spiro atoms. The molecule has 3 fully saturated rings. The second-order valence-electron chi connectivity index (χ2n) is 10.6. The number of hydrogen-bond donors (Lipinski definition) is 1. The number of amides is 2. The minimum Gasteiger partial charge on any atom is -0.466 e. The average molecular weight is 594 g/mol. The fraction of sp³-hybridized carbons (Fsp3) is 0.607. The number of nitrogens with zero attached hydrogens (tertiary/aromatic N) is 2. The number of fused-ring (bicyclic) bond motifs is 1. The highest BCUT2D eigenvalue weighted by atomic mass is 79.9. The van der Waals surface area contributed by atoms with Gasteiger partial charge < -0.3 is 19.6 Å². The number of ether oxygens (including phenoxy) is 1. The van der Waals surface area contributed by atoms with Crippen molar-refractivity contribution in [3.05, 3.63) is 42.0 Å². The number of esters is 1. The first kappa shape index (κ1) is 28.2. The van der Waals surface area contributed by atoms with Gasteiger partial charge in [0.15, 0.2) is 0 Å². The van der Waals surface area contributed by atoms with Crippen LogP contribution in [-0.2, 0) is 19.1 Å². The molecule has 3 aliphatic heterocycles. The lowest BCUT2D eigenvalue weighted by molar-refractivity contribution is -0.154. The molecular weight excluding hydrogens is 556 g/mol. The molecule has 37 heavy (non-hydrogen) atoms. The molecule has 0 saturated carbocycles. The summed E-state index contributed by atoms with van der Waals surface area (Å²) >= 11 is 5.35. The molecule has 3 saturated heterocycles. The minimum absolute atomic E-state index is 0.0362. The van der Waals surface area contributed by atoms with E-state index in [0.29, 0.717) is 6.42 Å². The number of para-hydroxylation sites is 1. The summed E-state index contributed by atoms with van der Waals surface area (Å²) in [7, 11) is 0. The summed E-state index contributed by atoms with van der Waals surface area (Å²) in [6.45, 7) is 13.7. The normalized spacial score (nSPS) is 31.0. The third-order valence-electron chi connectivity index (χ3n) is 8.12. The highest BCUT2D eigenvalue weighted by molar-refractivity contribution is 9.09. The molecule has 1 aromatic carbocycles. The number of aliphatic hydroxyl groups excluding tert-OH is 1. The number of benzene rings is 1.